The molecule has 0 radical (unpaired) electrons. The molecule has 2 aliphatic heterocycles. The van der Waals surface area contributed by atoms with Gasteiger partial charge in [0.1, 0.15) is 12.4 Å². The first-order chi connectivity index (χ1) is 15.0. The van der Waals surface area contributed by atoms with Crippen molar-refractivity contribution in [1.82, 2.24) is 9.80 Å². The number of halogens is 1. The molecule has 2 heterocycles. The summed E-state index contributed by atoms with van der Waals surface area (Å²) in [4.78, 5) is 17.3. The van der Waals surface area contributed by atoms with E-state index < -0.39 is 0 Å². The van der Waals surface area contributed by atoms with Gasteiger partial charge in [0, 0.05) is 31.7 Å². The Bertz CT molecular complexity index is 935. The summed E-state index contributed by atoms with van der Waals surface area (Å²) in [5.74, 6) is 1.28. The van der Waals surface area contributed by atoms with Crippen LogP contribution in [0.1, 0.15) is 37.3 Å². The second-order valence-corrected chi connectivity index (χ2v) is 8.65. The second kappa shape index (κ2) is 9.27. The Kier molecular flexibility index (Phi) is 6.46. The monoisotopic (exact) mass is 426 g/mol. The molecule has 2 saturated heterocycles. The number of nitrogens with zero attached hydrogens (tertiary/aromatic N) is 2. The number of likely N-dealkylation sites (tertiary alicyclic amines) is 2. The van der Waals surface area contributed by atoms with Crippen LogP contribution in [0.15, 0.2) is 42.5 Å². The Morgan fingerprint density at radius 1 is 1.10 bits per heavy atom. The van der Waals surface area contributed by atoms with Gasteiger partial charge in [-0.2, -0.15) is 0 Å². The maximum Gasteiger partial charge on any atom is 0.230 e. The third-order valence-corrected chi connectivity index (χ3v) is 6.50. The second-order valence-electron chi connectivity index (χ2n) is 8.65. The Labute approximate surface area is 183 Å². The van der Waals surface area contributed by atoms with Crippen molar-refractivity contribution in [3.05, 3.63) is 59.4 Å². The van der Waals surface area contributed by atoms with E-state index in [9.17, 15) is 9.18 Å². The molecule has 2 fully saturated rings. The number of rotatable bonds is 8. The van der Waals surface area contributed by atoms with Crippen LogP contribution in [0, 0.1) is 11.2 Å². The van der Waals surface area contributed by atoms with Crippen molar-refractivity contribution in [2.45, 2.75) is 39.3 Å². The first-order valence-electron chi connectivity index (χ1n) is 11.1. The minimum atomic E-state index is -0.279. The molecule has 2 aromatic carbocycles. The Hall–Kier alpha value is -2.60. The molecule has 1 spiro atoms. The van der Waals surface area contributed by atoms with E-state index in [4.69, 9.17) is 9.47 Å². The van der Waals surface area contributed by atoms with Crippen molar-refractivity contribution in [3.63, 3.8) is 0 Å². The van der Waals surface area contributed by atoms with E-state index in [2.05, 4.69) is 11.8 Å². The molecule has 4 rings (SSSR count). The predicted molar refractivity (Wildman–Crippen MR) is 118 cm³/mol. The fourth-order valence-corrected chi connectivity index (χ4v) is 4.81. The molecule has 5 nitrogen and oxygen atoms in total. The zero-order valence-electron chi connectivity index (χ0n) is 18.4. The summed E-state index contributed by atoms with van der Waals surface area (Å²) >= 11 is 0. The van der Waals surface area contributed by atoms with Gasteiger partial charge in [0.2, 0.25) is 5.91 Å². The summed E-state index contributed by atoms with van der Waals surface area (Å²) in [7, 11) is 1.60. The molecule has 0 N–H and O–H groups in total. The van der Waals surface area contributed by atoms with Crippen molar-refractivity contribution in [2.75, 3.05) is 33.3 Å². The number of methoxy groups -OCH3 is 1. The Morgan fingerprint density at radius 3 is 2.68 bits per heavy atom. The minimum Gasteiger partial charge on any atom is -0.493 e. The van der Waals surface area contributed by atoms with Crippen LogP contribution >= 0.6 is 0 Å². The van der Waals surface area contributed by atoms with Crippen LogP contribution in [0.5, 0.6) is 11.5 Å². The zero-order chi connectivity index (χ0) is 21.8. The highest BCUT2D eigenvalue weighted by Crippen LogP contribution is 2.41. The lowest BCUT2D eigenvalue weighted by Gasteiger charge is -2.24. The summed E-state index contributed by atoms with van der Waals surface area (Å²) in [5.41, 5.74) is 1.40. The van der Waals surface area contributed by atoms with Crippen molar-refractivity contribution in [2.24, 2.45) is 5.41 Å². The van der Waals surface area contributed by atoms with Crippen LogP contribution < -0.4 is 9.47 Å². The van der Waals surface area contributed by atoms with E-state index >= 15 is 0 Å². The van der Waals surface area contributed by atoms with Crippen LogP contribution in [-0.2, 0) is 17.9 Å². The molecular formula is C25H31FN2O3. The van der Waals surface area contributed by atoms with Crippen molar-refractivity contribution < 1.29 is 18.7 Å². The number of benzene rings is 2. The van der Waals surface area contributed by atoms with Gasteiger partial charge in [0.25, 0.3) is 0 Å². The van der Waals surface area contributed by atoms with Gasteiger partial charge in [-0.1, -0.05) is 31.2 Å². The smallest absolute Gasteiger partial charge is 0.230 e. The van der Waals surface area contributed by atoms with Crippen molar-refractivity contribution in [3.8, 4) is 11.5 Å². The number of carbonyl (C=O) groups excluding carboxylic acids is 1. The molecule has 0 saturated carbocycles. The minimum absolute atomic E-state index is 0.140. The topological polar surface area (TPSA) is 42.0 Å². The van der Waals surface area contributed by atoms with E-state index in [1.807, 2.05) is 23.1 Å². The molecule has 31 heavy (non-hydrogen) atoms. The predicted octanol–water partition coefficient (Wildman–Crippen LogP) is 4.25. The van der Waals surface area contributed by atoms with Gasteiger partial charge in [0.15, 0.2) is 11.5 Å². The number of ether oxygens (including phenoxy) is 2. The molecule has 1 atom stereocenters. The van der Waals surface area contributed by atoms with Gasteiger partial charge in [-0.3, -0.25) is 9.69 Å². The number of hydrogen-bond acceptors (Lipinski definition) is 4. The molecule has 6 heteroatoms. The van der Waals surface area contributed by atoms with Gasteiger partial charge in [-0.25, -0.2) is 4.39 Å². The summed E-state index contributed by atoms with van der Waals surface area (Å²) < 4.78 is 25.3. The standard InChI is InChI=1S/C25H31FN2O3/c1-3-12-28-14-11-25(24(28)29)10-13-27(18-25)16-19-8-9-22(30-2)23(15-19)31-17-20-6-4-5-7-21(20)26/h4-9,15H,3,10-14,16-18H2,1-2H3. The average molecular weight is 427 g/mol. The molecule has 0 aliphatic carbocycles. The van der Waals surface area contributed by atoms with Crippen LogP contribution in [-0.4, -0.2) is 49.0 Å². The molecule has 0 bridgehead atoms. The first-order valence-corrected chi connectivity index (χ1v) is 11.1. The van der Waals surface area contributed by atoms with Crippen LogP contribution in [0.3, 0.4) is 0 Å². The number of hydrogen-bond donors (Lipinski definition) is 0. The van der Waals surface area contributed by atoms with E-state index in [1.54, 1.807) is 25.3 Å². The van der Waals surface area contributed by atoms with Crippen LogP contribution in [0.25, 0.3) is 0 Å². The molecule has 0 aromatic heterocycles. The average Bonchev–Trinajstić information content (AvgIpc) is 3.32. The largest absolute Gasteiger partial charge is 0.493 e. The van der Waals surface area contributed by atoms with Gasteiger partial charge in [0.05, 0.1) is 12.5 Å². The lowest BCUT2D eigenvalue weighted by molar-refractivity contribution is -0.135. The molecule has 2 aliphatic rings. The Morgan fingerprint density at radius 2 is 1.90 bits per heavy atom. The quantitative estimate of drug-likeness (QED) is 0.633. The van der Waals surface area contributed by atoms with Gasteiger partial charge >= 0.3 is 0 Å². The lowest BCUT2D eigenvalue weighted by atomic mass is 9.85. The third-order valence-electron chi connectivity index (χ3n) is 6.50. The fourth-order valence-electron chi connectivity index (χ4n) is 4.81. The lowest BCUT2D eigenvalue weighted by Crippen LogP contribution is -2.37. The van der Waals surface area contributed by atoms with Gasteiger partial charge in [-0.05, 0) is 49.6 Å². The number of amides is 1. The maximum absolute atomic E-state index is 13.9. The van der Waals surface area contributed by atoms with Gasteiger partial charge in [-0.15, -0.1) is 0 Å². The highest BCUT2D eigenvalue weighted by Gasteiger charge is 2.50. The molecule has 166 valence electrons. The summed E-state index contributed by atoms with van der Waals surface area (Å²) in [5, 5.41) is 0. The van der Waals surface area contributed by atoms with Crippen molar-refractivity contribution >= 4 is 5.91 Å². The third kappa shape index (κ3) is 4.54. The van der Waals surface area contributed by atoms with Crippen LogP contribution in [0.4, 0.5) is 4.39 Å². The normalized spacial score (nSPS) is 21.3. The van der Waals surface area contributed by atoms with Gasteiger partial charge < -0.3 is 14.4 Å². The van der Waals surface area contributed by atoms with E-state index in [-0.39, 0.29) is 17.8 Å². The molecular weight excluding hydrogens is 395 g/mol. The molecule has 1 unspecified atom stereocenters. The first kappa shape index (κ1) is 21.6. The summed E-state index contributed by atoms with van der Waals surface area (Å²) in [6.07, 6.45) is 2.90. The number of carbonyl (C=O) groups is 1. The van der Waals surface area contributed by atoms with E-state index in [1.165, 1.54) is 6.07 Å². The SMILES string of the molecule is CCCN1CCC2(CCN(Cc3ccc(OC)c(OCc4ccccc4F)c3)C2)C1=O. The fraction of sp³-hybridized carbons (Fsp3) is 0.480. The zero-order valence-corrected chi connectivity index (χ0v) is 18.4. The van der Waals surface area contributed by atoms with Crippen molar-refractivity contribution in [1.29, 1.82) is 0 Å². The summed E-state index contributed by atoms with van der Waals surface area (Å²) in [6, 6.07) is 12.5. The van der Waals surface area contributed by atoms with Crippen LogP contribution in [0.2, 0.25) is 0 Å². The maximum atomic E-state index is 13.9. The molecule has 2 aromatic rings. The highest BCUT2D eigenvalue weighted by atomic mass is 19.1. The van der Waals surface area contributed by atoms with E-state index in [0.29, 0.717) is 23.0 Å². The highest BCUT2D eigenvalue weighted by molar-refractivity contribution is 5.85. The summed E-state index contributed by atoms with van der Waals surface area (Å²) in [6.45, 7) is 6.49. The van der Waals surface area contributed by atoms with E-state index in [0.717, 1.165) is 57.5 Å². The molecule has 1 amide bonds. The Balaban J connectivity index is 1.42.